The summed E-state index contributed by atoms with van der Waals surface area (Å²) in [5.74, 6) is -1.31. The molecule has 0 radical (unpaired) electrons. The van der Waals surface area contributed by atoms with Crippen molar-refractivity contribution in [2.75, 3.05) is 39.5 Å². The Bertz CT molecular complexity index is 546. The lowest BCUT2D eigenvalue weighted by molar-refractivity contribution is -0.137. The van der Waals surface area contributed by atoms with Gasteiger partial charge in [-0.25, -0.2) is 8.42 Å². The maximum absolute atomic E-state index is 12.3. The summed E-state index contributed by atoms with van der Waals surface area (Å²) in [7, 11) is -0.0154. The fraction of sp³-hybridized carbons (Fsp3) is 0.538. The summed E-state index contributed by atoms with van der Waals surface area (Å²) < 4.78 is 25.5. The van der Waals surface area contributed by atoms with Crippen molar-refractivity contribution in [1.82, 2.24) is 14.2 Å². The molecule has 0 aliphatic carbocycles. The number of hydrogen-bond acceptors (Lipinski definition) is 5. The largest absolute Gasteiger partial charge is 0.480 e. The zero-order valence-corrected chi connectivity index (χ0v) is 13.1. The van der Waals surface area contributed by atoms with Gasteiger partial charge in [-0.05, 0) is 26.2 Å². The van der Waals surface area contributed by atoms with E-state index in [2.05, 4.69) is 4.98 Å². The van der Waals surface area contributed by atoms with Crippen LogP contribution in [-0.2, 0) is 21.2 Å². The molecule has 1 rings (SSSR count). The van der Waals surface area contributed by atoms with Crippen LogP contribution in [0.4, 0.5) is 0 Å². The summed E-state index contributed by atoms with van der Waals surface area (Å²) in [5.41, 5.74) is 0.670. The number of aliphatic carboxylic acids is 1. The Morgan fingerprint density at radius 2 is 2.00 bits per heavy atom. The number of aryl methyl sites for hydroxylation is 1. The second-order valence-electron chi connectivity index (χ2n) is 4.92. The fourth-order valence-electron chi connectivity index (χ4n) is 1.69. The summed E-state index contributed by atoms with van der Waals surface area (Å²) in [6, 6.07) is 5.29. The molecule has 0 bridgehead atoms. The van der Waals surface area contributed by atoms with Crippen LogP contribution in [0.3, 0.4) is 0 Å². The summed E-state index contributed by atoms with van der Waals surface area (Å²) in [6.07, 6.45) is 1.87. The first kappa shape index (κ1) is 17.5. The minimum Gasteiger partial charge on any atom is -0.480 e. The second kappa shape index (κ2) is 8.06. The Balaban J connectivity index is 2.71. The topological polar surface area (TPSA) is 90.8 Å². The van der Waals surface area contributed by atoms with E-state index in [1.807, 2.05) is 4.90 Å². The number of rotatable bonds is 9. The van der Waals surface area contributed by atoms with Crippen LogP contribution in [0.2, 0.25) is 0 Å². The Hall–Kier alpha value is -1.51. The van der Waals surface area contributed by atoms with Gasteiger partial charge in [-0.1, -0.05) is 6.07 Å². The maximum atomic E-state index is 12.3. The minimum absolute atomic E-state index is 0.148. The van der Waals surface area contributed by atoms with Gasteiger partial charge in [-0.15, -0.1) is 0 Å². The van der Waals surface area contributed by atoms with Gasteiger partial charge in [0, 0.05) is 31.4 Å². The van der Waals surface area contributed by atoms with Gasteiger partial charge in [0.05, 0.1) is 5.75 Å². The highest BCUT2D eigenvalue weighted by Gasteiger charge is 2.24. The highest BCUT2D eigenvalue weighted by atomic mass is 32.2. The average molecular weight is 315 g/mol. The van der Waals surface area contributed by atoms with Crippen molar-refractivity contribution in [1.29, 1.82) is 0 Å². The predicted octanol–water partition coefficient (Wildman–Crippen LogP) is -0.0979. The summed E-state index contributed by atoms with van der Waals surface area (Å²) in [4.78, 5) is 16.7. The number of nitrogens with zero attached hydrogens (tertiary/aromatic N) is 3. The number of pyridine rings is 1. The normalized spacial score (nSPS) is 12.0. The van der Waals surface area contributed by atoms with Crippen LogP contribution in [-0.4, -0.2) is 73.2 Å². The number of carboxylic acids is 1. The molecule has 1 aromatic heterocycles. The average Bonchev–Trinajstić information content (AvgIpc) is 2.42. The Morgan fingerprint density at radius 3 is 2.52 bits per heavy atom. The lowest BCUT2D eigenvalue weighted by Crippen LogP contribution is -2.41. The van der Waals surface area contributed by atoms with E-state index in [0.29, 0.717) is 12.2 Å². The van der Waals surface area contributed by atoms with Gasteiger partial charge in [0.2, 0.25) is 10.0 Å². The molecule has 0 fully saturated rings. The van der Waals surface area contributed by atoms with E-state index in [4.69, 9.17) is 5.11 Å². The van der Waals surface area contributed by atoms with Crippen molar-refractivity contribution in [2.24, 2.45) is 0 Å². The van der Waals surface area contributed by atoms with Crippen LogP contribution in [0.25, 0.3) is 0 Å². The van der Waals surface area contributed by atoms with Crippen LogP contribution in [0.1, 0.15) is 5.69 Å². The molecule has 8 heteroatoms. The molecule has 0 atom stereocenters. The van der Waals surface area contributed by atoms with Crippen molar-refractivity contribution in [3.63, 3.8) is 0 Å². The number of carbonyl (C=O) groups is 1. The summed E-state index contributed by atoms with van der Waals surface area (Å²) in [6.45, 7) is 0.109. The molecule has 0 aliphatic rings. The Kier molecular flexibility index (Phi) is 6.73. The smallest absolute Gasteiger partial charge is 0.318 e. The van der Waals surface area contributed by atoms with Gasteiger partial charge in [0.15, 0.2) is 0 Å². The fourth-order valence-corrected chi connectivity index (χ4v) is 3.08. The monoisotopic (exact) mass is 315 g/mol. The summed E-state index contributed by atoms with van der Waals surface area (Å²) in [5, 5.41) is 8.87. The van der Waals surface area contributed by atoms with Gasteiger partial charge >= 0.3 is 5.97 Å². The highest BCUT2D eigenvalue weighted by molar-refractivity contribution is 7.89. The van der Waals surface area contributed by atoms with Crippen molar-refractivity contribution in [3.8, 4) is 0 Å². The molecule has 0 saturated carbocycles. The molecule has 0 amide bonds. The van der Waals surface area contributed by atoms with Crippen LogP contribution >= 0.6 is 0 Å². The van der Waals surface area contributed by atoms with Gasteiger partial charge < -0.3 is 10.0 Å². The molecule has 0 saturated heterocycles. The van der Waals surface area contributed by atoms with Crippen molar-refractivity contribution < 1.29 is 18.3 Å². The minimum atomic E-state index is -3.63. The van der Waals surface area contributed by atoms with Crippen LogP contribution < -0.4 is 0 Å². The lowest BCUT2D eigenvalue weighted by Gasteiger charge is -2.22. The number of likely N-dealkylation sites (N-methyl/N-ethyl adjacent to an activating group) is 1. The zero-order valence-electron chi connectivity index (χ0n) is 12.3. The number of carboxylic acid groups (broad SMARTS) is 1. The summed E-state index contributed by atoms with van der Waals surface area (Å²) >= 11 is 0. The standard InChI is InChI=1S/C13H21N3O4S/c1-15(2)8-9-16(11-13(17)18)21(19,20)10-6-12-5-3-4-7-14-12/h3-5,7H,6,8-11H2,1-2H3,(H,17,18). The first-order valence-corrected chi connectivity index (χ1v) is 8.16. The predicted molar refractivity (Wildman–Crippen MR) is 79.5 cm³/mol. The molecule has 1 heterocycles. The van der Waals surface area contributed by atoms with Crippen molar-refractivity contribution in [2.45, 2.75) is 6.42 Å². The molecule has 0 aromatic carbocycles. The molecule has 1 aromatic rings. The van der Waals surface area contributed by atoms with E-state index in [0.717, 1.165) is 4.31 Å². The van der Waals surface area contributed by atoms with E-state index >= 15 is 0 Å². The van der Waals surface area contributed by atoms with Crippen LogP contribution in [0, 0.1) is 0 Å². The second-order valence-corrected chi connectivity index (χ2v) is 7.01. The van der Waals surface area contributed by atoms with Crippen molar-refractivity contribution in [3.05, 3.63) is 30.1 Å². The van der Waals surface area contributed by atoms with E-state index in [1.165, 1.54) is 0 Å². The maximum Gasteiger partial charge on any atom is 0.318 e. The molecule has 0 aliphatic heterocycles. The Labute approximate surface area is 125 Å². The first-order chi connectivity index (χ1) is 9.81. The van der Waals surface area contributed by atoms with Gasteiger partial charge in [0.1, 0.15) is 6.54 Å². The third kappa shape index (κ3) is 6.65. The number of sulfonamides is 1. The highest BCUT2D eigenvalue weighted by Crippen LogP contribution is 2.05. The third-order valence-electron chi connectivity index (χ3n) is 2.84. The molecular formula is C13H21N3O4S. The number of aromatic nitrogens is 1. The van der Waals surface area contributed by atoms with E-state index < -0.39 is 22.5 Å². The molecule has 21 heavy (non-hydrogen) atoms. The number of hydrogen-bond donors (Lipinski definition) is 1. The van der Waals surface area contributed by atoms with E-state index in [9.17, 15) is 13.2 Å². The van der Waals surface area contributed by atoms with Gasteiger partial charge in [0.25, 0.3) is 0 Å². The molecule has 118 valence electrons. The zero-order chi connectivity index (χ0) is 15.9. The quantitative estimate of drug-likeness (QED) is 0.684. The van der Waals surface area contributed by atoms with Crippen molar-refractivity contribution >= 4 is 16.0 Å². The molecule has 0 unspecified atom stereocenters. The first-order valence-electron chi connectivity index (χ1n) is 6.55. The van der Waals surface area contributed by atoms with Gasteiger partial charge in [-0.3, -0.25) is 9.78 Å². The third-order valence-corrected chi connectivity index (χ3v) is 4.66. The van der Waals surface area contributed by atoms with Crippen LogP contribution in [0.15, 0.2) is 24.4 Å². The molecule has 0 spiro atoms. The van der Waals surface area contributed by atoms with Crippen LogP contribution in [0.5, 0.6) is 0 Å². The Morgan fingerprint density at radius 1 is 1.29 bits per heavy atom. The van der Waals surface area contributed by atoms with Gasteiger partial charge in [-0.2, -0.15) is 4.31 Å². The van der Waals surface area contributed by atoms with E-state index in [1.54, 1.807) is 38.5 Å². The van der Waals surface area contributed by atoms with E-state index in [-0.39, 0.29) is 18.7 Å². The SMILES string of the molecule is CN(C)CCN(CC(=O)O)S(=O)(=O)CCc1ccccn1. The molecule has 7 nitrogen and oxygen atoms in total. The lowest BCUT2D eigenvalue weighted by atomic mass is 10.3. The molecular weight excluding hydrogens is 294 g/mol. The molecule has 1 N–H and O–H groups in total.